The Morgan fingerprint density at radius 2 is 2.08 bits per heavy atom. The van der Waals surface area contributed by atoms with E-state index in [2.05, 4.69) is 10.1 Å². The first kappa shape index (κ1) is 17.3. The third kappa shape index (κ3) is 3.16. The average Bonchev–Trinajstić information content (AvgIpc) is 3.33. The predicted molar refractivity (Wildman–Crippen MR) is 94.4 cm³/mol. The molecule has 3 heterocycles. The predicted octanol–water partition coefficient (Wildman–Crippen LogP) is 1.89. The molecular weight excluding hydrogens is 332 g/mol. The van der Waals surface area contributed by atoms with Gasteiger partial charge in [0.05, 0.1) is 24.2 Å². The molecule has 0 bridgehead atoms. The van der Waals surface area contributed by atoms with Gasteiger partial charge in [0.1, 0.15) is 5.76 Å². The zero-order valence-electron chi connectivity index (χ0n) is 15.3. The molecule has 2 fully saturated rings. The summed E-state index contributed by atoms with van der Waals surface area (Å²) in [6.45, 7) is 5.36. The van der Waals surface area contributed by atoms with Crippen molar-refractivity contribution in [1.29, 1.82) is 0 Å². The van der Waals surface area contributed by atoms with E-state index in [-0.39, 0.29) is 18.1 Å². The second-order valence-corrected chi connectivity index (χ2v) is 7.74. The van der Waals surface area contributed by atoms with E-state index in [4.69, 9.17) is 4.52 Å². The molecule has 26 heavy (non-hydrogen) atoms. The lowest BCUT2D eigenvalue weighted by Gasteiger charge is -2.35. The summed E-state index contributed by atoms with van der Waals surface area (Å²) in [7, 11) is 0. The molecule has 7 nitrogen and oxygen atoms in total. The molecule has 0 unspecified atom stereocenters. The van der Waals surface area contributed by atoms with E-state index in [0.29, 0.717) is 24.7 Å². The summed E-state index contributed by atoms with van der Waals surface area (Å²) in [4.78, 5) is 18.8. The average molecular weight is 358 g/mol. The summed E-state index contributed by atoms with van der Waals surface area (Å²) < 4.78 is 7.18. The summed E-state index contributed by atoms with van der Waals surface area (Å²) in [5, 5.41) is 14.5. The molecule has 1 saturated carbocycles. The van der Waals surface area contributed by atoms with Crippen molar-refractivity contribution in [3.63, 3.8) is 0 Å². The van der Waals surface area contributed by atoms with Gasteiger partial charge in [-0.05, 0) is 44.9 Å². The number of hydrogen-bond donors (Lipinski definition) is 1. The maximum Gasteiger partial charge on any atom is 0.222 e. The number of imidazole rings is 1. The molecular formula is C19H26N4O3. The number of amides is 1. The van der Waals surface area contributed by atoms with Crippen LogP contribution in [0.4, 0.5) is 0 Å². The third-order valence-electron chi connectivity index (χ3n) is 6.14. The van der Waals surface area contributed by atoms with Crippen LogP contribution in [0.25, 0.3) is 0 Å². The largest absolute Gasteiger partial charge is 0.391 e. The standard InChI is InChI=1S/C19H26N4O3/c1-12-16(13(2)26-21-12)3-4-19(25)23-9-14-7-17(22-6-5-20-11-22)18(24)8-15(14)10-23/h5-6,11,14-15,17-18,24H,3-4,7-10H2,1-2H3/t14-,15+,17-,18-/m1/s1. The van der Waals surface area contributed by atoms with Crippen LogP contribution >= 0.6 is 0 Å². The van der Waals surface area contributed by atoms with E-state index in [9.17, 15) is 9.90 Å². The van der Waals surface area contributed by atoms with Crippen molar-refractivity contribution in [2.45, 2.75) is 51.7 Å². The fourth-order valence-electron chi connectivity index (χ4n) is 4.65. The number of rotatable bonds is 4. The van der Waals surface area contributed by atoms with Crippen molar-refractivity contribution in [1.82, 2.24) is 19.6 Å². The van der Waals surface area contributed by atoms with Gasteiger partial charge in [0.2, 0.25) is 5.91 Å². The van der Waals surface area contributed by atoms with Crippen molar-refractivity contribution < 1.29 is 14.4 Å². The van der Waals surface area contributed by atoms with Gasteiger partial charge in [-0.3, -0.25) is 4.79 Å². The Bertz CT molecular complexity index is 750. The third-order valence-corrected chi connectivity index (χ3v) is 6.14. The Morgan fingerprint density at radius 3 is 2.73 bits per heavy atom. The maximum absolute atomic E-state index is 12.7. The zero-order valence-corrected chi connectivity index (χ0v) is 15.3. The minimum atomic E-state index is -0.372. The first-order chi connectivity index (χ1) is 12.5. The van der Waals surface area contributed by atoms with Crippen LogP contribution in [0.5, 0.6) is 0 Å². The molecule has 0 radical (unpaired) electrons. The van der Waals surface area contributed by atoms with Crippen LogP contribution in [0.3, 0.4) is 0 Å². The molecule has 0 spiro atoms. The first-order valence-electron chi connectivity index (χ1n) is 9.38. The smallest absolute Gasteiger partial charge is 0.222 e. The van der Waals surface area contributed by atoms with Gasteiger partial charge >= 0.3 is 0 Å². The molecule has 2 aromatic heterocycles. The molecule has 7 heteroatoms. The molecule has 2 aliphatic rings. The lowest BCUT2D eigenvalue weighted by molar-refractivity contribution is -0.130. The summed E-state index contributed by atoms with van der Waals surface area (Å²) in [5.74, 6) is 1.84. The summed E-state index contributed by atoms with van der Waals surface area (Å²) in [6, 6.07) is 0.0658. The van der Waals surface area contributed by atoms with Crippen LogP contribution in [-0.4, -0.2) is 49.8 Å². The van der Waals surface area contributed by atoms with E-state index in [1.165, 1.54) is 0 Å². The van der Waals surface area contributed by atoms with Gasteiger partial charge in [0.25, 0.3) is 0 Å². The molecule has 1 N–H and O–H groups in total. The zero-order chi connectivity index (χ0) is 18.3. The monoisotopic (exact) mass is 358 g/mol. The second kappa shape index (κ2) is 6.87. The Morgan fingerprint density at radius 1 is 1.31 bits per heavy atom. The molecule has 140 valence electrons. The summed E-state index contributed by atoms with van der Waals surface area (Å²) in [5.41, 5.74) is 1.92. The Kier molecular flexibility index (Phi) is 4.56. The Balaban J connectivity index is 1.36. The molecule has 1 aliphatic heterocycles. The number of carbonyl (C=O) groups excluding carboxylic acids is 1. The fraction of sp³-hybridized carbons (Fsp3) is 0.632. The minimum absolute atomic E-state index is 0.0658. The fourth-order valence-corrected chi connectivity index (χ4v) is 4.65. The number of hydrogen-bond acceptors (Lipinski definition) is 5. The van der Waals surface area contributed by atoms with Crippen LogP contribution in [0, 0.1) is 25.7 Å². The topological polar surface area (TPSA) is 84.4 Å². The van der Waals surface area contributed by atoms with Crippen molar-refractivity contribution in [2.24, 2.45) is 11.8 Å². The van der Waals surface area contributed by atoms with Gasteiger partial charge in [0.15, 0.2) is 0 Å². The van der Waals surface area contributed by atoms with Gasteiger partial charge in [-0.1, -0.05) is 5.16 Å². The van der Waals surface area contributed by atoms with Crippen LogP contribution in [0.2, 0.25) is 0 Å². The SMILES string of the molecule is Cc1noc(C)c1CCC(=O)N1C[C@H]2C[C@@H](n3ccnc3)[C@H](O)C[C@H]2C1. The molecule has 1 aliphatic carbocycles. The first-order valence-corrected chi connectivity index (χ1v) is 9.38. The van der Waals surface area contributed by atoms with E-state index in [0.717, 1.165) is 42.9 Å². The Labute approximate surface area is 153 Å². The molecule has 4 rings (SSSR count). The lowest BCUT2D eigenvalue weighted by atomic mass is 9.77. The van der Waals surface area contributed by atoms with Gasteiger partial charge in [-0.2, -0.15) is 0 Å². The highest BCUT2D eigenvalue weighted by Gasteiger charge is 2.43. The molecule has 2 aromatic rings. The number of aliphatic hydroxyl groups excluding tert-OH is 1. The quantitative estimate of drug-likeness (QED) is 0.902. The van der Waals surface area contributed by atoms with E-state index >= 15 is 0 Å². The van der Waals surface area contributed by atoms with Gasteiger partial charge < -0.3 is 19.1 Å². The summed E-state index contributed by atoms with van der Waals surface area (Å²) >= 11 is 0. The highest BCUT2D eigenvalue weighted by atomic mass is 16.5. The molecule has 0 aromatic carbocycles. The van der Waals surface area contributed by atoms with Crippen LogP contribution in [0.15, 0.2) is 23.2 Å². The normalized spacial score (nSPS) is 28.3. The van der Waals surface area contributed by atoms with Crippen LogP contribution in [0.1, 0.15) is 42.3 Å². The van der Waals surface area contributed by atoms with E-state index in [1.807, 2.05) is 29.5 Å². The molecule has 4 atom stereocenters. The van der Waals surface area contributed by atoms with Crippen molar-refractivity contribution in [3.8, 4) is 0 Å². The second-order valence-electron chi connectivity index (χ2n) is 7.74. The number of likely N-dealkylation sites (tertiary alicyclic amines) is 1. The number of fused-ring (bicyclic) bond motifs is 1. The van der Waals surface area contributed by atoms with E-state index < -0.39 is 0 Å². The van der Waals surface area contributed by atoms with Crippen molar-refractivity contribution >= 4 is 5.91 Å². The van der Waals surface area contributed by atoms with Crippen molar-refractivity contribution in [2.75, 3.05) is 13.1 Å². The number of aryl methyl sites for hydroxylation is 2. The molecule has 1 saturated heterocycles. The van der Waals surface area contributed by atoms with Gasteiger partial charge in [0, 0.05) is 37.5 Å². The van der Waals surface area contributed by atoms with Gasteiger partial charge in [-0.15, -0.1) is 0 Å². The maximum atomic E-state index is 12.7. The highest BCUT2D eigenvalue weighted by molar-refractivity contribution is 5.76. The van der Waals surface area contributed by atoms with Crippen LogP contribution in [-0.2, 0) is 11.2 Å². The van der Waals surface area contributed by atoms with Crippen LogP contribution < -0.4 is 0 Å². The summed E-state index contributed by atoms with van der Waals surface area (Å²) in [6.07, 6.45) is 7.87. The minimum Gasteiger partial charge on any atom is -0.391 e. The van der Waals surface area contributed by atoms with E-state index in [1.54, 1.807) is 12.5 Å². The lowest BCUT2D eigenvalue weighted by Crippen LogP contribution is -2.35. The van der Waals surface area contributed by atoms with Crippen molar-refractivity contribution in [3.05, 3.63) is 35.7 Å². The number of carbonyl (C=O) groups is 1. The number of nitrogens with zero attached hydrogens (tertiary/aromatic N) is 4. The highest BCUT2D eigenvalue weighted by Crippen LogP contribution is 2.41. The van der Waals surface area contributed by atoms with Gasteiger partial charge in [-0.25, -0.2) is 4.98 Å². The molecule has 1 amide bonds. The number of aliphatic hydroxyl groups is 1. The Hall–Kier alpha value is -2.15. The number of aromatic nitrogens is 3.